The second-order valence-corrected chi connectivity index (χ2v) is 5.69. The Bertz CT molecular complexity index is 828. The number of hydrogen-bond donors (Lipinski definition) is 1. The van der Waals surface area contributed by atoms with Crippen LogP contribution in [0.2, 0.25) is 0 Å². The Morgan fingerprint density at radius 2 is 1.96 bits per heavy atom. The summed E-state index contributed by atoms with van der Waals surface area (Å²) in [4.78, 5) is 29.0. The number of methoxy groups -OCH3 is 1. The molecule has 6 heteroatoms. The Hall–Kier alpha value is -3.15. The quantitative estimate of drug-likeness (QED) is 0.850. The molecule has 1 aliphatic rings. The maximum atomic E-state index is 12.4. The van der Waals surface area contributed by atoms with Gasteiger partial charge >= 0.3 is 0 Å². The van der Waals surface area contributed by atoms with E-state index >= 15 is 0 Å². The molecule has 0 bridgehead atoms. The van der Waals surface area contributed by atoms with Gasteiger partial charge in [0.1, 0.15) is 5.75 Å². The summed E-state index contributed by atoms with van der Waals surface area (Å²) in [5.74, 6) is 0.397. The number of carbonyl (C=O) groups excluding carboxylic acids is 2. The highest BCUT2D eigenvalue weighted by Crippen LogP contribution is 2.21. The van der Waals surface area contributed by atoms with Crippen LogP contribution in [0, 0.1) is 0 Å². The fourth-order valence-electron chi connectivity index (χ4n) is 2.51. The summed E-state index contributed by atoms with van der Waals surface area (Å²) in [7, 11) is 1.60. The third kappa shape index (κ3) is 3.85. The van der Waals surface area contributed by atoms with Crippen LogP contribution in [-0.2, 0) is 9.63 Å². The van der Waals surface area contributed by atoms with Gasteiger partial charge in [-0.05, 0) is 48.9 Å². The Balaban J connectivity index is 1.63. The van der Waals surface area contributed by atoms with E-state index in [1.165, 1.54) is 6.92 Å². The van der Waals surface area contributed by atoms with Crippen molar-refractivity contribution < 1.29 is 19.2 Å². The lowest BCUT2D eigenvalue weighted by atomic mass is 10.0. The molecule has 1 N–H and O–H groups in total. The van der Waals surface area contributed by atoms with Gasteiger partial charge in [0.25, 0.3) is 5.91 Å². The van der Waals surface area contributed by atoms with E-state index in [2.05, 4.69) is 10.5 Å². The first kappa shape index (κ1) is 16.7. The van der Waals surface area contributed by atoms with E-state index < -0.39 is 6.10 Å². The highest BCUT2D eigenvalue weighted by molar-refractivity contribution is 6.06. The number of ketones is 1. The molecule has 0 saturated heterocycles. The predicted octanol–water partition coefficient (Wildman–Crippen LogP) is 3.03. The van der Waals surface area contributed by atoms with Crippen LogP contribution in [0.5, 0.6) is 5.75 Å². The van der Waals surface area contributed by atoms with Gasteiger partial charge in [0, 0.05) is 17.7 Å². The minimum atomic E-state index is -0.696. The molecule has 0 radical (unpaired) electrons. The van der Waals surface area contributed by atoms with Crippen molar-refractivity contribution in [1.29, 1.82) is 0 Å². The van der Waals surface area contributed by atoms with E-state index in [-0.39, 0.29) is 11.7 Å². The molecule has 1 atom stereocenters. The van der Waals surface area contributed by atoms with Crippen molar-refractivity contribution >= 4 is 23.1 Å². The lowest BCUT2D eigenvalue weighted by Gasteiger charge is -2.10. The number of Topliss-reactive ketones (excluding diaryl/α,β-unsaturated/α-hetero) is 1. The molecule has 2 aromatic carbocycles. The summed E-state index contributed by atoms with van der Waals surface area (Å²) in [5, 5.41) is 6.77. The van der Waals surface area contributed by atoms with E-state index in [4.69, 9.17) is 9.57 Å². The number of ether oxygens (including phenoxy) is 1. The van der Waals surface area contributed by atoms with Gasteiger partial charge in [0.15, 0.2) is 5.78 Å². The van der Waals surface area contributed by atoms with E-state index in [0.29, 0.717) is 23.4 Å². The second kappa shape index (κ2) is 7.17. The number of nitrogens with one attached hydrogen (secondary N) is 1. The van der Waals surface area contributed by atoms with Gasteiger partial charge in [-0.3, -0.25) is 9.59 Å². The third-order valence-electron chi connectivity index (χ3n) is 3.92. The molecule has 1 aliphatic heterocycles. The number of carbonyl (C=O) groups is 2. The highest BCUT2D eigenvalue weighted by atomic mass is 16.6. The molecule has 1 amide bonds. The number of hydrogen-bond acceptors (Lipinski definition) is 5. The highest BCUT2D eigenvalue weighted by Gasteiger charge is 2.29. The monoisotopic (exact) mass is 338 g/mol. The average molecular weight is 338 g/mol. The summed E-state index contributed by atoms with van der Waals surface area (Å²) in [6.07, 6.45) is -0.317. The maximum Gasteiger partial charge on any atom is 0.268 e. The number of amides is 1. The molecular weight excluding hydrogens is 320 g/mol. The number of anilines is 1. The van der Waals surface area contributed by atoms with Gasteiger partial charge in [-0.1, -0.05) is 17.3 Å². The topological polar surface area (TPSA) is 77.0 Å². The first-order chi connectivity index (χ1) is 12.1. The van der Waals surface area contributed by atoms with Crippen LogP contribution < -0.4 is 10.1 Å². The van der Waals surface area contributed by atoms with Crippen molar-refractivity contribution in [2.24, 2.45) is 5.16 Å². The molecule has 2 aromatic rings. The number of benzene rings is 2. The van der Waals surface area contributed by atoms with Crippen LogP contribution in [-0.4, -0.2) is 30.6 Å². The van der Waals surface area contributed by atoms with Crippen LogP contribution in [0.4, 0.5) is 5.69 Å². The minimum absolute atomic E-state index is 0.0571. The van der Waals surface area contributed by atoms with E-state index in [1.807, 2.05) is 24.3 Å². The standard InChI is InChI=1S/C19H18N2O4/c1-12(22)14-4-3-5-15(10-14)20-19(23)18-11-17(21-25-18)13-6-8-16(24-2)9-7-13/h3-10,18H,11H2,1-2H3,(H,20,23). The van der Waals surface area contributed by atoms with Crippen molar-refractivity contribution in [3.63, 3.8) is 0 Å². The Labute approximate surface area is 145 Å². The SMILES string of the molecule is COc1ccc(C2=NOC(C(=O)Nc3cccc(C(C)=O)c3)C2)cc1. The summed E-state index contributed by atoms with van der Waals surface area (Å²) in [5.41, 5.74) is 2.69. The maximum absolute atomic E-state index is 12.4. The van der Waals surface area contributed by atoms with Crippen molar-refractivity contribution in [3.05, 3.63) is 59.7 Å². The molecule has 1 heterocycles. The number of rotatable bonds is 5. The number of nitrogens with zero attached hydrogens (tertiary/aromatic N) is 1. The van der Waals surface area contributed by atoms with Gasteiger partial charge < -0.3 is 14.9 Å². The molecule has 0 fully saturated rings. The normalized spacial score (nSPS) is 15.9. The zero-order chi connectivity index (χ0) is 17.8. The van der Waals surface area contributed by atoms with Crippen molar-refractivity contribution in [1.82, 2.24) is 0 Å². The fraction of sp³-hybridized carbons (Fsp3) is 0.211. The zero-order valence-electron chi connectivity index (χ0n) is 14.0. The average Bonchev–Trinajstić information content (AvgIpc) is 3.12. The number of oxime groups is 1. The van der Waals surface area contributed by atoms with Crippen molar-refractivity contribution in [2.75, 3.05) is 12.4 Å². The van der Waals surface area contributed by atoms with Crippen LogP contribution in [0.15, 0.2) is 53.7 Å². The van der Waals surface area contributed by atoms with E-state index in [0.717, 1.165) is 11.3 Å². The predicted molar refractivity (Wildman–Crippen MR) is 94.1 cm³/mol. The largest absolute Gasteiger partial charge is 0.497 e. The third-order valence-corrected chi connectivity index (χ3v) is 3.92. The lowest BCUT2D eigenvalue weighted by molar-refractivity contribution is -0.125. The van der Waals surface area contributed by atoms with Gasteiger partial charge in [-0.25, -0.2) is 0 Å². The molecule has 1 unspecified atom stereocenters. The van der Waals surface area contributed by atoms with E-state index in [1.54, 1.807) is 31.4 Å². The molecule has 6 nitrogen and oxygen atoms in total. The second-order valence-electron chi connectivity index (χ2n) is 5.69. The first-order valence-electron chi connectivity index (χ1n) is 7.86. The first-order valence-corrected chi connectivity index (χ1v) is 7.86. The minimum Gasteiger partial charge on any atom is -0.497 e. The molecule has 3 rings (SSSR count). The van der Waals surface area contributed by atoms with E-state index in [9.17, 15) is 9.59 Å². The fourth-order valence-corrected chi connectivity index (χ4v) is 2.51. The van der Waals surface area contributed by atoms with Gasteiger partial charge in [0.05, 0.1) is 12.8 Å². The van der Waals surface area contributed by atoms with Crippen LogP contribution >= 0.6 is 0 Å². The van der Waals surface area contributed by atoms with Crippen LogP contribution in [0.1, 0.15) is 29.3 Å². The molecular formula is C19H18N2O4. The lowest BCUT2D eigenvalue weighted by Crippen LogP contribution is -2.28. The molecule has 0 aromatic heterocycles. The van der Waals surface area contributed by atoms with Crippen LogP contribution in [0.25, 0.3) is 0 Å². The summed E-state index contributed by atoms with van der Waals surface area (Å²) >= 11 is 0. The smallest absolute Gasteiger partial charge is 0.268 e. The molecule has 25 heavy (non-hydrogen) atoms. The molecule has 0 saturated carbocycles. The molecule has 0 spiro atoms. The van der Waals surface area contributed by atoms with Crippen molar-refractivity contribution in [3.8, 4) is 5.75 Å². The van der Waals surface area contributed by atoms with Gasteiger partial charge in [-0.2, -0.15) is 0 Å². The van der Waals surface area contributed by atoms with Crippen LogP contribution in [0.3, 0.4) is 0 Å². The molecule has 128 valence electrons. The van der Waals surface area contributed by atoms with Gasteiger partial charge in [-0.15, -0.1) is 0 Å². The Morgan fingerprint density at radius 1 is 1.20 bits per heavy atom. The summed E-state index contributed by atoms with van der Waals surface area (Å²) < 4.78 is 5.12. The molecule has 0 aliphatic carbocycles. The summed E-state index contributed by atoms with van der Waals surface area (Å²) in [6.45, 7) is 1.48. The van der Waals surface area contributed by atoms with Crippen molar-refractivity contribution in [2.45, 2.75) is 19.4 Å². The summed E-state index contributed by atoms with van der Waals surface area (Å²) in [6, 6.07) is 14.2. The van der Waals surface area contributed by atoms with Gasteiger partial charge in [0.2, 0.25) is 6.10 Å². The zero-order valence-corrected chi connectivity index (χ0v) is 14.0. The Kier molecular flexibility index (Phi) is 4.79. The Morgan fingerprint density at radius 3 is 2.64 bits per heavy atom.